The molecule has 8 heteroatoms. The van der Waals surface area contributed by atoms with Gasteiger partial charge < -0.3 is 10.2 Å². The third kappa shape index (κ3) is 7.81. The van der Waals surface area contributed by atoms with Crippen LogP contribution in [0.3, 0.4) is 0 Å². The number of rotatable bonds is 8. The van der Waals surface area contributed by atoms with Gasteiger partial charge in [0.2, 0.25) is 10.0 Å². The van der Waals surface area contributed by atoms with Crippen molar-refractivity contribution >= 4 is 34.8 Å². The first kappa shape index (κ1) is 24.6. The Morgan fingerprint density at radius 1 is 1.16 bits per heavy atom. The number of nitrogens with one attached hydrogen (secondary N) is 2. The summed E-state index contributed by atoms with van der Waals surface area (Å²) in [4.78, 5) is 2.72. The second-order valence-corrected chi connectivity index (χ2v) is 7.99. The summed E-state index contributed by atoms with van der Waals surface area (Å²) >= 11 is 0. The first-order valence-electron chi connectivity index (χ1n) is 8.55. The van der Waals surface area contributed by atoms with Gasteiger partial charge in [-0.3, -0.25) is 0 Å². The molecular formula is C17H31Cl2N3O2S. The second-order valence-electron chi connectivity index (χ2n) is 6.22. The molecule has 1 aliphatic heterocycles. The third-order valence-corrected chi connectivity index (χ3v) is 6.00. The Morgan fingerprint density at radius 3 is 2.32 bits per heavy atom. The Balaban J connectivity index is 0.00000288. The molecule has 1 aromatic rings. The minimum atomic E-state index is -3.39. The lowest BCUT2D eigenvalue weighted by molar-refractivity contribution is 0.239. The molecule has 1 fully saturated rings. The molecule has 1 aliphatic rings. The Labute approximate surface area is 164 Å². The number of sulfonamides is 1. The Kier molecular flexibility index (Phi) is 11.9. The zero-order valence-corrected chi connectivity index (χ0v) is 17.5. The van der Waals surface area contributed by atoms with Gasteiger partial charge in [0, 0.05) is 32.7 Å². The van der Waals surface area contributed by atoms with Crippen molar-refractivity contribution in [1.29, 1.82) is 0 Å². The van der Waals surface area contributed by atoms with E-state index >= 15 is 0 Å². The monoisotopic (exact) mass is 411 g/mol. The molecule has 5 nitrogen and oxygen atoms in total. The largest absolute Gasteiger partial charge is 0.314 e. The van der Waals surface area contributed by atoms with Gasteiger partial charge in [-0.15, -0.1) is 24.8 Å². The van der Waals surface area contributed by atoms with Gasteiger partial charge in [0.15, 0.2) is 0 Å². The fraction of sp³-hybridized carbons (Fsp3) is 0.647. The van der Waals surface area contributed by atoms with Crippen LogP contribution in [0.15, 0.2) is 29.2 Å². The van der Waals surface area contributed by atoms with Crippen molar-refractivity contribution in [2.24, 2.45) is 0 Å². The van der Waals surface area contributed by atoms with Gasteiger partial charge in [0.25, 0.3) is 0 Å². The van der Waals surface area contributed by atoms with Gasteiger partial charge in [-0.05, 0) is 43.0 Å². The van der Waals surface area contributed by atoms with E-state index in [1.165, 1.54) is 5.56 Å². The van der Waals surface area contributed by atoms with Crippen LogP contribution >= 0.6 is 24.8 Å². The highest BCUT2D eigenvalue weighted by Crippen LogP contribution is 2.20. The van der Waals surface area contributed by atoms with Crippen LogP contribution in [0.25, 0.3) is 0 Å². The molecule has 2 N–H and O–H groups in total. The maximum Gasteiger partial charge on any atom is 0.240 e. The predicted octanol–water partition coefficient (Wildman–Crippen LogP) is 2.62. The SMILES string of the molecule is CCC(C)c1ccc(S(=O)(=O)NCCCN2CCNCC2)cc1.Cl.Cl. The maximum absolute atomic E-state index is 12.3. The van der Waals surface area contributed by atoms with E-state index in [0.29, 0.717) is 17.4 Å². The van der Waals surface area contributed by atoms with Crippen molar-refractivity contribution < 1.29 is 8.42 Å². The van der Waals surface area contributed by atoms with Gasteiger partial charge in [-0.2, -0.15) is 0 Å². The van der Waals surface area contributed by atoms with Crippen molar-refractivity contribution in [2.45, 2.75) is 37.5 Å². The molecule has 0 saturated carbocycles. The van der Waals surface area contributed by atoms with Crippen LogP contribution in [-0.2, 0) is 10.0 Å². The molecule has 0 amide bonds. The summed E-state index contributed by atoms with van der Waals surface area (Å²) in [5, 5.41) is 3.31. The fourth-order valence-corrected chi connectivity index (χ4v) is 3.81. The first-order valence-corrected chi connectivity index (χ1v) is 10.0. The summed E-state index contributed by atoms with van der Waals surface area (Å²) in [6, 6.07) is 7.26. The first-order chi connectivity index (χ1) is 11.0. The third-order valence-electron chi connectivity index (χ3n) is 4.52. The van der Waals surface area contributed by atoms with E-state index < -0.39 is 10.0 Å². The molecule has 1 heterocycles. The van der Waals surface area contributed by atoms with Crippen molar-refractivity contribution in [3.63, 3.8) is 0 Å². The van der Waals surface area contributed by atoms with Crippen LogP contribution in [-0.4, -0.2) is 52.6 Å². The molecular weight excluding hydrogens is 381 g/mol. The van der Waals surface area contributed by atoms with Crippen LogP contribution < -0.4 is 10.0 Å². The van der Waals surface area contributed by atoms with Crippen molar-refractivity contribution in [3.05, 3.63) is 29.8 Å². The summed E-state index contributed by atoms with van der Waals surface area (Å²) in [5.41, 5.74) is 1.19. The number of nitrogens with zero attached hydrogens (tertiary/aromatic N) is 1. The lowest BCUT2D eigenvalue weighted by Gasteiger charge is -2.27. The molecule has 0 aliphatic carbocycles. The smallest absolute Gasteiger partial charge is 0.240 e. The molecule has 0 spiro atoms. The molecule has 1 saturated heterocycles. The van der Waals surface area contributed by atoms with Crippen LogP contribution in [0.4, 0.5) is 0 Å². The molecule has 1 atom stereocenters. The maximum atomic E-state index is 12.3. The fourth-order valence-electron chi connectivity index (χ4n) is 2.74. The number of hydrogen-bond acceptors (Lipinski definition) is 4. The van der Waals surface area contributed by atoms with E-state index in [-0.39, 0.29) is 24.8 Å². The predicted molar refractivity (Wildman–Crippen MR) is 109 cm³/mol. The van der Waals surface area contributed by atoms with E-state index in [0.717, 1.165) is 45.6 Å². The topological polar surface area (TPSA) is 61.4 Å². The molecule has 1 unspecified atom stereocenters. The second kappa shape index (κ2) is 12.1. The minimum absolute atomic E-state index is 0. The highest BCUT2D eigenvalue weighted by molar-refractivity contribution is 7.89. The summed E-state index contributed by atoms with van der Waals surface area (Å²) in [5.74, 6) is 0.457. The average Bonchev–Trinajstić information content (AvgIpc) is 2.59. The molecule has 2 rings (SSSR count). The molecule has 1 aromatic carbocycles. The zero-order valence-electron chi connectivity index (χ0n) is 15.0. The molecule has 146 valence electrons. The highest BCUT2D eigenvalue weighted by atomic mass is 35.5. The molecule has 0 bridgehead atoms. The zero-order chi connectivity index (χ0) is 16.7. The lowest BCUT2D eigenvalue weighted by atomic mass is 9.99. The molecule has 0 aromatic heterocycles. The Hall–Kier alpha value is -0.370. The summed E-state index contributed by atoms with van der Waals surface area (Å²) in [6.45, 7) is 9.85. The Bertz CT molecular complexity index is 576. The van der Waals surface area contributed by atoms with E-state index in [4.69, 9.17) is 0 Å². The van der Waals surface area contributed by atoms with E-state index in [2.05, 4.69) is 28.8 Å². The van der Waals surface area contributed by atoms with Crippen LogP contribution in [0.2, 0.25) is 0 Å². The lowest BCUT2D eigenvalue weighted by Crippen LogP contribution is -2.44. The highest BCUT2D eigenvalue weighted by Gasteiger charge is 2.14. The van der Waals surface area contributed by atoms with Gasteiger partial charge in [-0.1, -0.05) is 26.0 Å². The summed E-state index contributed by atoms with van der Waals surface area (Å²) < 4.78 is 27.3. The number of hydrogen-bond donors (Lipinski definition) is 2. The van der Waals surface area contributed by atoms with Gasteiger partial charge in [0.1, 0.15) is 0 Å². The number of piperazine rings is 1. The van der Waals surface area contributed by atoms with E-state index in [9.17, 15) is 8.42 Å². The van der Waals surface area contributed by atoms with Crippen LogP contribution in [0.1, 0.15) is 38.2 Å². The quantitative estimate of drug-likeness (QED) is 0.645. The summed E-state index contributed by atoms with van der Waals surface area (Å²) in [6.07, 6.45) is 1.89. The number of halogens is 2. The van der Waals surface area contributed by atoms with Crippen LogP contribution in [0.5, 0.6) is 0 Å². The molecule has 0 radical (unpaired) electrons. The van der Waals surface area contributed by atoms with Crippen molar-refractivity contribution in [2.75, 3.05) is 39.3 Å². The van der Waals surface area contributed by atoms with E-state index in [1.54, 1.807) is 12.1 Å². The minimum Gasteiger partial charge on any atom is -0.314 e. The van der Waals surface area contributed by atoms with E-state index in [1.807, 2.05) is 12.1 Å². The summed E-state index contributed by atoms with van der Waals surface area (Å²) in [7, 11) is -3.39. The van der Waals surface area contributed by atoms with Crippen LogP contribution in [0, 0.1) is 0 Å². The standard InChI is InChI=1S/C17H29N3O2S.2ClH/c1-3-15(2)16-5-7-17(8-6-16)23(21,22)19-9-4-12-20-13-10-18-11-14-20;;/h5-8,15,18-19H,3-4,9-14H2,1-2H3;2*1H. The van der Waals surface area contributed by atoms with Gasteiger partial charge >= 0.3 is 0 Å². The van der Waals surface area contributed by atoms with Gasteiger partial charge in [0.05, 0.1) is 4.90 Å². The average molecular weight is 412 g/mol. The van der Waals surface area contributed by atoms with Gasteiger partial charge in [-0.25, -0.2) is 13.1 Å². The van der Waals surface area contributed by atoms with Crippen molar-refractivity contribution in [3.8, 4) is 0 Å². The van der Waals surface area contributed by atoms with Crippen molar-refractivity contribution in [1.82, 2.24) is 14.9 Å². The normalized spacial score (nSPS) is 16.6. The molecule has 25 heavy (non-hydrogen) atoms. The number of benzene rings is 1. The Morgan fingerprint density at radius 2 is 1.76 bits per heavy atom.